The summed E-state index contributed by atoms with van der Waals surface area (Å²) in [6.07, 6.45) is 1.03. The highest BCUT2D eigenvalue weighted by molar-refractivity contribution is 5.60. The lowest BCUT2D eigenvalue weighted by atomic mass is 10.1. The van der Waals surface area contributed by atoms with Gasteiger partial charge in [0.15, 0.2) is 0 Å². The van der Waals surface area contributed by atoms with Gasteiger partial charge < -0.3 is 15.4 Å². The Morgan fingerprint density at radius 3 is 3.07 bits per heavy atom. The molecule has 0 radical (unpaired) electrons. The Hall–Kier alpha value is -1.22. The van der Waals surface area contributed by atoms with Crippen LogP contribution in [0.3, 0.4) is 0 Å². The van der Waals surface area contributed by atoms with E-state index in [1.807, 2.05) is 12.1 Å². The van der Waals surface area contributed by atoms with Crippen molar-refractivity contribution in [3.63, 3.8) is 0 Å². The Kier molecular flexibility index (Phi) is 3.11. The highest BCUT2D eigenvalue weighted by atomic mass is 16.5. The minimum absolute atomic E-state index is 0.437. The molecule has 0 bridgehead atoms. The van der Waals surface area contributed by atoms with Crippen molar-refractivity contribution in [2.45, 2.75) is 19.4 Å². The van der Waals surface area contributed by atoms with Crippen LogP contribution in [0.2, 0.25) is 0 Å². The summed E-state index contributed by atoms with van der Waals surface area (Å²) in [5.41, 5.74) is 6.75. The van der Waals surface area contributed by atoms with Crippen molar-refractivity contribution in [3.05, 3.63) is 24.3 Å². The lowest BCUT2D eigenvalue weighted by Gasteiger charge is -2.36. The molecule has 0 saturated carbocycles. The highest BCUT2D eigenvalue weighted by Gasteiger charge is 2.22. The van der Waals surface area contributed by atoms with Gasteiger partial charge in [-0.3, -0.25) is 0 Å². The molecular weight excluding hydrogens is 188 g/mol. The lowest BCUT2D eigenvalue weighted by Crippen LogP contribution is -2.42. The van der Waals surface area contributed by atoms with E-state index in [0.717, 1.165) is 31.9 Å². The average Bonchev–Trinajstić information content (AvgIpc) is 2.28. The van der Waals surface area contributed by atoms with Crippen molar-refractivity contribution in [2.24, 2.45) is 5.73 Å². The molecule has 0 fully saturated rings. The zero-order valence-electron chi connectivity index (χ0n) is 9.15. The van der Waals surface area contributed by atoms with Gasteiger partial charge in [0.2, 0.25) is 0 Å². The molecule has 1 aliphatic rings. The maximum absolute atomic E-state index is 5.67. The molecule has 3 nitrogen and oxygen atoms in total. The fourth-order valence-electron chi connectivity index (χ4n) is 1.96. The maximum Gasteiger partial charge on any atom is 0.142 e. The first-order valence-electron chi connectivity index (χ1n) is 5.51. The Labute approximate surface area is 90.8 Å². The van der Waals surface area contributed by atoms with Gasteiger partial charge in [0, 0.05) is 6.54 Å². The van der Waals surface area contributed by atoms with Crippen LogP contribution in [0.25, 0.3) is 0 Å². The number of nitrogens with two attached hydrogens (primary N) is 1. The Morgan fingerprint density at radius 1 is 1.47 bits per heavy atom. The van der Waals surface area contributed by atoms with Crippen molar-refractivity contribution >= 4 is 5.69 Å². The summed E-state index contributed by atoms with van der Waals surface area (Å²) >= 11 is 0. The van der Waals surface area contributed by atoms with Gasteiger partial charge in [0.25, 0.3) is 0 Å². The second-order valence-electron chi connectivity index (χ2n) is 3.96. The number of rotatable bonds is 3. The Balaban J connectivity index is 2.21. The van der Waals surface area contributed by atoms with Gasteiger partial charge in [-0.25, -0.2) is 0 Å². The number of benzene rings is 1. The van der Waals surface area contributed by atoms with Crippen LogP contribution in [-0.4, -0.2) is 25.7 Å². The van der Waals surface area contributed by atoms with E-state index in [0.29, 0.717) is 6.04 Å². The van der Waals surface area contributed by atoms with E-state index >= 15 is 0 Å². The van der Waals surface area contributed by atoms with Crippen LogP contribution in [0.5, 0.6) is 5.75 Å². The van der Waals surface area contributed by atoms with E-state index in [-0.39, 0.29) is 0 Å². The van der Waals surface area contributed by atoms with Crippen LogP contribution >= 0.6 is 0 Å². The largest absolute Gasteiger partial charge is 0.489 e. The molecule has 2 N–H and O–H groups in total. The average molecular weight is 206 g/mol. The summed E-state index contributed by atoms with van der Waals surface area (Å²) in [7, 11) is 0. The van der Waals surface area contributed by atoms with Crippen molar-refractivity contribution in [1.29, 1.82) is 0 Å². The second-order valence-corrected chi connectivity index (χ2v) is 3.96. The SMILES string of the molecule is CC1COc2ccccc2N1CCCN. The van der Waals surface area contributed by atoms with Gasteiger partial charge >= 0.3 is 0 Å². The van der Waals surface area contributed by atoms with E-state index in [2.05, 4.69) is 24.0 Å². The fraction of sp³-hybridized carbons (Fsp3) is 0.500. The van der Waals surface area contributed by atoms with E-state index < -0.39 is 0 Å². The summed E-state index contributed by atoms with van der Waals surface area (Å²) in [5.74, 6) is 0.993. The molecule has 1 aromatic carbocycles. The quantitative estimate of drug-likeness (QED) is 0.816. The number of fused-ring (bicyclic) bond motifs is 1. The Bertz CT molecular complexity index is 327. The second kappa shape index (κ2) is 4.53. The van der Waals surface area contributed by atoms with Crippen LogP contribution < -0.4 is 15.4 Å². The third-order valence-corrected chi connectivity index (χ3v) is 2.79. The monoisotopic (exact) mass is 206 g/mol. The van der Waals surface area contributed by atoms with E-state index in [4.69, 9.17) is 10.5 Å². The predicted molar refractivity (Wildman–Crippen MR) is 62.4 cm³/mol. The van der Waals surface area contributed by atoms with Gasteiger partial charge in [-0.15, -0.1) is 0 Å². The predicted octanol–water partition coefficient (Wildman–Crippen LogP) is 1.62. The van der Waals surface area contributed by atoms with Crippen molar-refractivity contribution < 1.29 is 4.74 Å². The first-order chi connectivity index (χ1) is 7.33. The summed E-state index contributed by atoms with van der Waals surface area (Å²) in [4.78, 5) is 2.38. The smallest absolute Gasteiger partial charge is 0.142 e. The molecule has 0 saturated heterocycles. The molecule has 15 heavy (non-hydrogen) atoms. The minimum atomic E-state index is 0.437. The molecule has 0 spiro atoms. The minimum Gasteiger partial charge on any atom is -0.489 e. The standard InChI is InChI=1S/C12H18N2O/c1-10-9-15-12-6-3-2-5-11(12)14(10)8-4-7-13/h2-3,5-6,10H,4,7-9,13H2,1H3. The molecule has 1 aliphatic heterocycles. The van der Waals surface area contributed by atoms with Gasteiger partial charge in [0.1, 0.15) is 12.4 Å². The molecule has 0 aliphatic carbocycles. The molecule has 1 unspecified atom stereocenters. The zero-order valence-corrected chi connectivity index (χ0v) is 9.15. The van der Waals surface area contributed by atoms with Crippen LogP contribution in [0.1, 0.15) is 13.3 Å². The van der Waals surface area contributed by atoms with Crippen molar-refractivity contribution in [1.82, 2.24) is 0 Å². The number of hydrogen-bond donors (Lipinski definition) is 1. The molecule has 0 aromatic heterocycles. The molecule has 82 valence electrons. The molecule has 1 atom stereocenters. The van der Waals surface area contributed by atoms with E-state index in [1.54, 1.807) is 0 Å². The number of anilines is 1. The highest BCUT2D eigenvalue weighted by Crippen LogP contribution is 2.33. The van der Waals surface area contributed by atoms with E-state index in [9.17, 15) is 0 Å². The molecule has 3 heteroatoms. The molecule has 2 rings (SSSR count). The van der Waals surface area contributed by atoms with Gasteiger partial charge in [-0.05, 0) is 32.0 Å². The number of nitrogens with zero attached hydrogens (tertiary/aromatic N) is 1. The zero-order chi connectivity index (χ0) is 10.7. The van der Waals surface area contributed by atoms with Crippen molar-refractivity contribution in [3.8, 4) is 5.75 Å². The number of hydrogen-bond acceptors (Lipinski definition) is 3. The normalized spacial score (nSPS) is 19.6. The first kappa shape index (κ1) is 10.3. The lowest BCUT2D eigenvalue weighted by molar-refractivity contribution is 0.269. The first-order valence-corrected chi connectivity index (χ1v) is 5.51. The maximum atomic E-state index is 5.67. The van der Waals surface area contributed by atoms with Crippen LogP contribution in [0, 0.1) is 0 Å². The van der Waals surface area contributed by atoms with Crippen molar-refractivity contribution in [2.75, 3.05) is 24.6 Å². The molecular formula is C12H18N2O. The molecule has 1 aromatic rings. The third-order valence-electron chi connectivity index (χ3n) is 2.79. The van der Waals surface area contributed by atoms with Crippen LogP contribution in [-0.2, 0) is 0 Å². The van der Waals surface area contributed by atoms with Gasteiger partial charge in [-0.1, -0.05) is 12.1 Å². The topological polar surface area (TPSA) is 38.5 Å². The summed E-state index contributed by atoms with van der Waals surface area (Å²) < 4.78 is 5.67. The van der Waals surface area contributed by atoms with Gasteiger partial charge in [0.05, 0.1) is 11.7 Å². The molecule has 0 amide bonds. The summed E-state index contributed by atoms with van der Waals surface area (Å²) in [5, 5.41) is 0. The number of ether oxygens (including phenoxy) is 1. The fourth-order valence-corrected chi connectivity index (χ4v) is 1.96. The summed E-state index contributed by atoms with van der Waals surface area (Å²) in [6.45, 7) is 4.71. The summed E-state index contributed by atoms with van der Waals surface area (Å²) in [6, 6.07) is 8.63. The van der Waals surface area contributed by atoms with E-state index in [1.165, 1.54) is 5.69 Å². The Morgan fingerprint density at radius 2 is 2.27 bits per heavy atom. The van der Waals surface area contributed by atoms with Crippen LogP contribution in [0.4, 0.5) is 5.69 Å². The number of para-hydroxylation sites is 2. The third kappa shape index (κ3) is 2.07. The molecule has 1 heterocycles. The van der Waals surface area contributed by atoms with Gasteiger partial charge in [-0.2, -0.15) is 0 Å². The van der Waals surface area contributed by atoms with Crippen LogP contribution in [0.15, 0.2) is 24.3 Å².